The highest BCUT2D eigenvalue weighted by Crippen LogP contribution is 2.13. The third kappa shape index (κ3) is 49.5. The lowest BCUT2D eigenvalue weighted by atomic mass is 10.1. The Morgan fingerprint density at radius 2 is 0.726 bits per heavy atom. The number of hydrogen-bond acceptors (Lipinski definition) is 5. The van der Waals surface area contributed by atoms with Gasteiger partial charge in [0, 0.05) is 19.4 Å². The Morgan fingerprint density at radius 3 is 1.19 bits per heavy atom. The first-order chi connectivity index (χ1) is 30.6. The number of carbonyl (C=O) groups is 2. The summed E-state index contributed by atoms with van der Waals surface area (Å²) in [5.41, 5.74) is 0. The molecule has 0 aliphatic heterocycles. The van der Waals surface area contributed by atoms with Gasteiger partial charge in [-0.2, -0.15) is 0 Å². The summed E-state index contributed by atoms with van der Waals surface area (Å²) >= 11 is 0. The van der Waals surface area contributed by atoms with E-state index in [1.807, 2.05) is 0 Å². The third-order valence-corrected chi connectivity index (χ3v) is 10.6. The summed E-state index contributed by atoms with van der Waals surface area (Å²) in [6.07, 6.45) is 70.0. The number of ether oxygens (including phenoxy) is 3. The molecule has 0 aromatic carbocycles. The molecule has 0 rings (SSSR count). The maximum absolute atomic E-state index is 12.7. The standard InChI is InChI=1S/C57H96O5/c1-4-7-10-13-16-18-20-22-24-26-28-30-32-34-36-38-40-43-46-49-52-60-53-55(62-57(59)51-48-45-41-15-12-9-6-3)54-61-56(58)50-47-44-42-39-37-35-33-31-29-27-25-23-21-19-17-14-11-8-5-2/h7,10,16-19,22-25,28-31,34,36,55H,4-6,8-9,11-15,20-21,26-27,32-33,35,37-54H2,1-3H3/b10-7-,18-16-,19-17-,24-22-,25-23-,30-28-,31-29-,36-34-. The maximum Gasteiger partial charge on any atom is 0.306 e. The minimum Gasteiger partial charge on any atom is -0.462 e. The van der Waals surface area contributed by atoms with Crippen LogP contribution >= 0.6 is 0 Å². The number of carbonyl (C=O) groups excluding carboxylic acids is 2. The van der Waals surface area contributed by atoms with E-state index in [0.29, 0.717) is 19.4 Å². The third-order valence-electron chi connectivity index (χ3n) is 10.6. The van der Waals surface area contributed by atoms with Crippen molar-refractivity contribution in [3.63, 3.8) is 0 Å². The van der Waals surface area contributed by atoms with E-state index in [1.54, 1.807) is 0 Å². The Bertz CT molecular complexity index is 1200. The Kier molecular flexibility index (Phi) is 49.5. The first kappa shape index (κ1) is 58.8. The molecule has 0 N–H and O–H groups in total. The molecular formula is C57H96O5. The zero-order valence-corrected chi connectivity index (χ0v) is 40.6. The molecule has 0 aliphatic carbocycles. The summed E-state index contributed by atoms with van der Waals surface area (Å²) in [5.74, 6) is -0.435. The average molecular weight is 861 g/mol. The number of unbranched alkanes of at least 4 members (excludes halogenated alkanes) is 19. The molecule has 1 unspecified atom stereocenters. The van der Waals surface area contributed by atoms with Crippen LogP contribution in [0.15, 0.2) is 97.2 Å². The van der Waals surface area contributed by atoms with Gasteiger partial charge in [0.15, 0.2) is 6.10 Å². The van der Waals surface area contributed by atoms with Crippen LogP contribution in [0.1, 0.15) is 226 Å². The summed E-state index contributed by atoms with van der Waals surface area (Å²) in [7, 11) is 0. The van der Waals surface area contributed by atoms with Crippen LogP contribution in [0.5, 0.6) is 0 Å². The maximum atomic E-state index is 12.7. The largest absolute Gasteiger partial charge is 0.462 e. The lowest BCUT2D eigenvalue weighted by Crippen LogP contribution is -2.30. The van der Waals surface area contributed by atoms with Gasteiger partial charge in [0.05, 0.1) is 6.61 Å². The van der Waals surface area contributed by atoms with Gasteiger partial charge in [0.25, 0.3) is 0 Å². The summed E-state index contributed by atoms with van der Waals surface area (Å²) in [5, 5.41) is 0. The normalized spacial score (nSPS) is 13.0. The van der Waals surface area contributed by atoms with E-state index >= 15 is 0 Å². The predicted octanol–water partition coefficient (Wildman–Crippen LogP) is 17.5. The van der Waals surface area contributed by atoms with Gasteiger partial charge in [-0.05, 0) is 103 Å². The van der Waals surface area contributed by atoms with Gasteiger partial charge in [-0.3, -0.25) is 9.59 Å². The van der Waals surface area contributed by atoms with Crippen LogP contribution < -0.4 is 0 Å². The Labute approximate surface area is 383 Å². The Morgan fingerprint density at radius 1 is 0.371 bits per heavy atom. The van der Waals surface area contributed by atoms with Crippen molar-refractivity contribution in [2.45, 2.75) is 232 Å². The molecule has 1 atom stereocenters. The fraction of sp³-hybridized carbons (Fsp3) is 0.684. The number of hydrogen-bond donors (Lipinski definition) is 0. The summed E-state index contributed by atoms with van der Waals surface area (Å²) in [4.78, 5) is 25.2. The van der Waals surface area contributed by atoms with Gasteiger partial charge >= 0.3 is 11.9 Å². The lowest BCUT2D eigenvalue weighted by molar-refractivity contribution is -0.163. The summed E-state index contributed by atoms with van der Waals surface area (Å²) < 4.78 is 17.3. The zero-order valence-electron chi connectivity index (χ0n) is 40.6. The molecule has 5 heteroatoms. The molecule has 0 aliphatic rings. The van der Waals surface area contributed by atoms with E-state index in [4.69, 9.17) is 14.2 Å². The first-order valence-electron chi connectivity index (χ1n) is 25.8. The van der Waals surface area contributed by atoms with Crippen molar-refractivity contribution in [2.24, 2.45) is 0 Å². The highest BCUT2D eigenvalue weighted by Gasteiger charge is 2.17. The SMILES string of the molecule is CC/C=C\C/C=C\C/C=C\C/C=C\C/C=C\CCCCCCOCC(COC(=O)CCCCCCCC/C=C\C/C=C\C/C=C\CCCCC)OC(=O)CCCCCCCCC. The van der Waals surface area contributed by atoms with E-state index in [-0.39, 0.29) is 25.2 Å². The molecule has 0 fully saturated rings. The van der Waals surface area contributed by atoms with Crippen molar-refractivity contribution >= 4 is 11.9 Å². The Balaban J connectivity index is 4.21. The van der Waals surface area contributed by atoms with E-state index in [1.165, 1.54) is 83.5 Å². The quantitative estimate of drug-likeness (QED) is 0.0347. The van der Waals surface area contributed by atoms with Crippen molar-refractivity contribution < 1.29 is 23.8 Å². The average Bonchev–Trinajstić information content (AvgIpc) is 3.27. The molecule has 62 heavy (non-hydrogen) atoms. The van der Waals surface area contributed by atoms with Crippen molar-refractivity contribution in [2.75, 3.05) is 19.8 Å². The van der Waals surface area contributed by atoms with E-state index < -0.39 is 6.10 Å². The highest BCUT2D eigenvalue weighted by atomic mass is 16.6. The van der Waals surface area contributed by atoms with E-state index in [2.05, 4.69) is 118 Å². The number of esters is 2. The Hall–Kier alpha value is -3.18. The van der Waals surface area contributed by atoms with Gasteiger partial charge in [0.2, 0.25) is 0 Å². The summed E-state index contributed by atoms with van der Waals surface area (Å²) in [6.45, 7) is 7.58. The van der Waals surface area contributed by atoms with Crippen LogP contribution in [0.3, 0.4) is 0 Å². The summed E-state index contributed by atoms with van der Waals surface area (Å²) in [6, 6.07) is 0. The molecule has 0 aromatic rings. The van der Waals surface area contributed by atoms with Crippen LogP contribution in [0, 0.1) is 0 Å². The topological polar surface area (TPSA) is 61.8 Å². The molecule has 0 radical (unpaired) electrons. The molecule has 0 saturated carbocycles. The molecule has 0 bridgehead atoms. The van der Waals surface area contributed by atoms with Gasteiger partial charge < -0.3 is 14.2 Å². The second-order valence-electron chi connectivity index (χ2n) is 16.7. The van der Waals surface area contributed by atoms with Crippen LogP contribution in [-0.4, -0.2) is 37.9 Å². The molecule has 354 valence electrons. The number of rotatable bonds is 46. The number of allylic oxidation sites excluding steroid dienone is 16. The molecule has 0 heterocycles. The second kappa shape index (κ2) is 52.2. The van der Waals surface area contributed by atoms with Crippen LogP contribution in [0.25, 0.3) is 0 Å². The molecule has 5 nitrogen and oxygen atoms in total. The van der Waals surface area contributed by atoms with Crippen LogP contribution in [-0.2, 0) is 23.8 Å². The first-order valence-corrected chi connectivity index (χ1v) is 25.8. The minimum atomic E-state index is -0.557. The molecule has 0 amide bonds. The van der Waals surface area contributed by atoms with Crippen molar-refractivity contribution in [1.82, 2.24) is 0 Å². The highest BCUT2D eigenvalue weighted by molar-refractivity contribution is 5.70. The van der Waals surface area contributed by atoms with Crippen LogP contribution in [0.4, 0.5) is 0 Å². The van der Waals surface area contributed by atoms with Crippen molar-refractivity contribution in [1.29, 1.82) is 0 Å². The molecule has 0 spiro atoms. The fourth-order valence-corrected chi connectivity index (χ4v) is 6.78. The lowest BCUT2D eigenvalue weighted by Gasteiger charge is -2.18. The monoisotopic (exact) mass is 861 g/mol. The fourth-order valence-electron chi connectivity index (χ4n) is 6.78. The van der Waals surface area contributed by atoms with Crippen LogP contribution in [0.2, 0.25) is 0 Å². The van der Waals surface area contributed by atoms with Gasteiger partial charge in [-0.25, -0.2) is 0 Å². The molecule has 0 aromatic heterocycles. The predicted molar refractivity (Wildman–Crippen MR) is 270 cm³/mol. The van der Waals surface area contributed by atoms with Crippen molar-refractivity contribution in [3.05, 3.63) is 97.2 Å². The van der Waals surface area contributed by atoms with Gasteiger partial charge in [-0.1, -0.05) is 208 Å². The van der Waals surface area contributed by atoms with Gasteiger partial charge in [0.1, 0.15) is 6.61 Å². The zero-order chi connectivity index (χ0) is 44.9. The smallest absolute Gasteiger partial charge is 0.306 e. The van der Waals surface area contributed by atoms with Crippen molar-refractivity contribution in [3.8, 4) is 0 Å². The molecular weight excluding hydrogens is 765 g/mol. The van der Waals surface area contributed by atoms with E-state index in [0.717, 1.165) is 109 Å². The van der Waals surface area contributed by atoms with Gasteiger partial charge in [-0.15, -0.1) is 0 Å². The molecule has 0 saturated heterocycles. The van der Waals surface area contributed by atoms with E-state index in [9.17, 15) is 9.59 Å². The minimum absolute atomic E-state index is 0.0638. The second-order valence-corrected chi connectivity index (χ2v) is 16.7.